The van der Waals surface area contributed by atoms with Crippen LogP contribution in [0.4, 0.5) is 0 Å². The second kappa shape index (κ2) is 7.45. The van der Waals surface area contributed by atoms with Crippen LogP contribution >= 0.6 is 12.4 Å². The van der Waals surface area contributed by atoms with E-state index in [1.165, 1.54) is 31.2 Å². The van der Waals surface area contributed by atoms with Gasteiger partial charge in [-0.3, -0.25) is 4.79 Å². The topological polar surface area (TPSA) is 32.3 Å². The zero-order valence-corrected chi connectivity index (χ0v) is 16.0. The molecule has 134 valence electrons. The Labute approximate surface area is 152 Å². The quantitative estimate of drug-likeness (QED) is 0.829. The van der Waals surface area contributed by atoms with Crippen LogP contribution < -0.4 is 5.32 Å². The molecule has 1 aromatic rings. The number of benzene rings is 1. The highest BCUT2D eigenvalue weighted by molar-refractivity contribution is 5.94. The summed E-state index contributed by atoms with van der Waals surface area (Å²) in [5.41, 5.74) is 2.74. The monoisotopic (exact) mass is 350 g/mol. The van der Waals surface area contributed by atoms with E-state index in [4.69, 9.17) is 0 Å². The van der Waals surface area contributed by atoms with Crippen LogP contribution in [-0.2, 0) is 5.41 Å². The predicted octanol–water partition coefficient (Wildman–Crippen LogP) is 4.01. The molecule has 3 nitrogen and oxygen atoms in total. The van der Waals surface area contributed by atoms with Gasteiger partial charge in [0, 0.05) is 18.7 Å². The summed E-state index contributed by atoms with van der Waals surface area (Å²) < 4.78 is 0. The van der Waals surface area contributed by atoms with Gasteiger partial charge in [0.2, 0.25) is 0 Å². The number of halogens is 1. The molecule has 1 N–H and O–H groups in total. The highest BCUT2D eigenvalue weighted by Crippen LogP contribution is 2.39. The third-order valence-corrected chi connectivity index (χ3v) is 5.77. The van der Waals surface area contributed by atoms with Crippen molar-refractivity contribution >= 4 is 18.3 Å². The molecule has 3 rings (SSSR count). The van der Waals surface area contributed by atoms with Crippen LogP contribution in [0.1, 0.15) is 62.4 Å². The van der Waals surface area contributed by atoms with Gasteiger partial charge in [-0.2, -0.15) is 0 Å². The lowest BCUT2D eigenvalue weighted by Crippen LogP contribution is -2.47. The lowest BCUT2D eigenvalue weighted by molar-refractivity contribution is 0.0495. The summed E-state index contributed by atoms with van der Waals surface area (Å²) in [6.07, 6.45) is 4.88. The maximum absolute atomic E-state index is 12.7. The molecule has 1 amide bonds. The van der Waals surface area contributed by atoms with Gasteiger partial charge in [-0.1, -0.05) is 32.9 Å². The van der Waals surface area contributed by atoms with Crippen molar-refractivity contribution < 1.29 is 4.79 Å². The SMILES string of the molecule is CC(C)(C)c1ccc(C(=O)N2CCC3(CCNCC3)CC2)cc1.Cl. The summed E-state index contributed by atoms with van der Waals surface area (Å²) in [6, 6.07) is 8.20. The first-order valence-corrected chi connectivity index (χ1v) is 9.00. The Morgan fingerprint density at radius 3 is 2.04 bits per heavy atom. The van der Waals surface area contributed by atoms with Gasteiger partial charge in [0.05, 0.1) is 0 Å². The standard InChI is InChI=1S/C20H30N2O.ClH/c1-19(2,3)17-6-4-16(5-7-17)18(23)22-14-10-20(11-15-22)8-12-21-13-9-20;/h4-7,21H,8-15H2,1-3H3;1H. The van der Waals surface area contributed by atoms with Crippen LogP contribution in [-0.4, -0.2) is 37.0 Å². The van der Waals surface area contributed by atoms with E-state index in [0.717, 1.165) is 31.7 Å². The number of amides is 1. The fourth-order valence-corrected chi connectivity index (χ4v) is 3.94. The molecule has 2 saturated heterocycles. The van der Waals surface area contributed by atoms with Crippen molar-refractivity contribution in [3.05, 3.63) is 35.4 Å². The molecular formula is C20H31ClN2O. The Balaban J connectivity index is 0.00000208. The molecule has 0 bridgehead atoms. The fraction of sp³-hybridized carbons (Fsp3) is 0.650. The van der Waals surface area contributed by atoms with Crippen molar-refractivity contribution in [2.24, 2.45) is 5.41 Å². The largest absolute Gasteiger partial charge is 0.339 e. The number of carbonyl (C=O) groups is 1. The van der Waals surface area contributed by atoms with Gasteiger partial charge in [0.25, 0.3) is 5.91 Å². The smallest absolute Gasteiger partial charge is 0.253 e. The summed E-state index contributed by atoms with van der Waals surface area (Å²) >= 11 is 0. The van der Waals surface area contributed by atoms with E-state index >= 15 is 0 Å². The number of carbonyl (C=O) groups excluding carboxylic acids is 1. The van der Waals surface area contributed by atoms with E-state index in [2.05, 4.69) is 43.1 Å². The zero-order chi connectivity index (χ0) is 16.5. The average molecular weight is 351 g/mol. The third-order valence-electron chi connectivity index (χ3n) is 5.77. The van der Waals surface area contributed by atoms with Gasteiger partial charge in [-0.15, -0.1) is 12.4 Å². The molecule has 2 fully saturated rings. The lowest BCUT2D eigenvalue weighted by Gasteiger charge is -2.44. The second-order valence-corrected chi connectivity index (χ2v) is 8.37. The minimum absolute atomic E-state index is 0. The first kappa shape index (κ1) is 19.3. The van der Waals surface area contributed by atoms with E-state index in [9.17, 15) is 4.79 Å². The fourth-order valence-electron chi connectivity index (χ4n) is 3.94. The molecule has 0 atom stereocenters. The molecule has 2 heterocycles. The number of nitrogens with zero attached hydrogens (tertiary/aromatic N) is 1. The Morgan fingerprint density at radius 2 is 1.54 bits per heavy atom. The third kappa shape index (κ3) is 4.12. The molecule has 0 aliphatic carbocycles. The second-order valence-electron chi connectivity index (χ2n) is 8.37. The number of piperidine rings is 2. The number of rotatable bonds is 1. The molecule has 4 heteroatoms. The molecule has 2 aliphatic heterocycles. The van der Waals surface area contributed by atoms with Crippen molar-refractivity contribution in [2.45, 2.75) is 51.9 Å². The molecular weight excluding hydrogens is 320 g/mol. The zero-order valence-electron chi connectivity index (χ0n) is 15.2. The van der Waals surface area contributed by atoms with E-state index in [1.54, 1.807) is 0 Å². The van der Waals surface area contributed by atoms with Crippen molar-refractivity contribution in [1.29, 1.82) is 0 Å². The number of nitrogens with one attached hydrogen (secondary N) is 1. The van der Waals surface area contributed by atoms with Crippen LogP contribution in [0.5, 0.6) is 0 Å². The molecule has 0 unspecified atom stereocenters. The van der Waals surface area contributed by atoms with Gasteiger partial charge in [0.15, 0.2) is 0 Å². The molecule has 0 radical (unpaired) electrons. The summed E-state index contributed by atoms with van der Waals surface area (Å²) in [5.74, 6) is 0.203. The van der Waals surface area contributed by atoms with Crippen LogP contribution in [0.25, 0.3) is 0 Å². The number of likely N-dealkylation sites (tertiary alicyclic amines) is 1. The summed E-state index contributed by atoms with van der Waals surface area (Å²) in [5, 5.41) is 3.45. The molecule has 1 aromatic carbocycles. The van der Waals surface area contributed by atoms with Gasteiger partial charge in [-0.05, 0) is 67.3 Å². The van der Waals surface area contributed by atoms with Crippen molar-refractivity contribution in [3.63, 3.8) is 0 Å². The van der Waals surface area contributed by atoms with Crippen LogP contribution in [0, 0.1) is 5.41 Å². The Hall–Kier alpha value is -1.06. The summed E-state index contributed by atoms with van der Waals surface area (Å²) in [7, 11) is 0. The van der Waals surface area contributed by atoms with Crippen molar-refractivity contribution in [3.8, 4) is 0 Å². The lowest BCUT2D eigenvalue weighted by atomic mass is 9.71. The van der Waals surface area contributed by atoms with E-state index in [-0.39, 0.29) is 23.7 Å². The molecule has 1 spiro atoms. The van der Waals surface area contributed by atoms with Crippen LogP contribution in [0.2, 0.25) is 0 Å². The van der Waals surface area contributed by atoms with Gasteiger partial charge < -0.3 is 10.2 Å². The van der Waals surface area contributed by atoms with E-state index in [0.29, 0.717) is 5.41 Å². The minimum Gasteiger partial charge on any atom is -0.339 e. The first-order valence-electron chi connectivity index (χ1n) is 9.00. The molecule has 0 aromatic heterocycles. The Bertz CT molecular complexity index is 546. The minimum atomic E-state index is 0. The van der Waals surface area contributed by atoms with Crippen LogP contribution in [0.15, 0.2) is 24.3 Å². The van der Waals surface area contributed by atoms with Crippen LogP contribution in [0.3, 0.4) is 0 Å². The predicted molar refractivity (Wildman–Crippen MR) is 102 cm³/mol. The highest BCUT2D eigenvalue weighted by Gasteiger charge is 2.36. The summed E-state index contributed by atoms with van der Waals surface area (Å²) in [4.78, 5) is 14.8. The van der Waals surface area contributed by atoms with Crippen molar-refractivity contribution in [1.82, 2.24) is 10.2 Å². The molecule has 2 aliphatic rings. The normalized spacial score (nSPS) is 20.5. The van der Waals surface area contributed by atoms with E-state index in [1.807, 2.05) is 12.1 Å². The maximum Gasteiger partial charge on any atom is 0.253 e. The Kier molecular flexibility index (Phi) is 5.98. The first-order chi connectivity index (χ1) is 10.9. The van der Waals surface area contributed by atoms with Gasteiger partial charge in [0.1, 0.15) is 0 Å². The number of hydrogen-bond acceptors (Lipinski definition) is 2. The van der Waals surface area contributed by atoms with Gasteiger partial charge >= 0.3 is 0 Å². The molecule has 24 heavy (non-hydrogen) atoms. The van der Waals surface area contributed by atoms with Crippen molar-refractivity contribution in [2.75, 3.05) is 26.2 Å². The average Bonchev–Trinajstić information content (AvgIpc) is 2.55. The Morgan fingerprint density at radius 1 is 1.00 bits per heavy atom. The highest BCUT2D eigenvalue weighted by atomic mass is 35.5. The molecule has 0 saturated carbocycles. The van der Waals surface area contributed by atoms with E-state index < -0.39 is 0 Å². The number of hydrogen-bond donors (Lipinski definition) is 1. The van der Waals surface area contributed by atoms with Gasteiger partial charge in [-0.25, -0.2) is 0 Å². The maximum atomic E-state index is 12.7. The summed E-state index contributed by atoms with van der Waals surface area (Å²) in [6.45, 7) is 10.7.